The molecule has 0 aliphatic carbocycles. The number of anilines is 1. The van der Waals surface area contributed by atoms with Crippen LogP contribution in [0.4, 0.5) is 5.82 Å². The smallest absolute Gasteiger partial charge is 0.217 e. The molecule has 0 spiro atoms. The highest BCUT2D eigenvalue weighted by Gasteiger charge is 2.40. The molecule has 1 aliphatic rings. The lowest BCUT2D eigenvalue weighted by atomic mass is 9.78. The van der Waals surface area contributed by atoms with E-state index >= 15 is 0 Å². The van der Waals surface area contributed by atoms with Crippen LogP contribution in [0, 0.1) is 5.41 Å². The van der Waals surface area contributed by atoms with Crippen LogP contribution >= 0.6 is 0 Å². The van der Waals surface area contributed by atoms with E-state index in [4.69, 9.17) is 0 Å². The predicted octanol–water partition coefficient (Wildman–Crippen LogP) is 3.35. The number of amides is 1. The SMILES string of the molecule is CC(=O)NCc1ccc(N2C[C@@H](c3ccccc3)C(C)(C)C2)nc1. The van der Waals surface area contributed by atoms with E-state index in [0.717, 1.165) is 24.5 Å². The minimum atomic E-state index is -0.0222. The second kappa shape index (κ2) is 6.63. The van der Waals surface area contributed by atoms with Crippen LogP contribution in [0.25, 0.3) is 0 Å². The largest absolute Gasteiger partial charge is 0.355 e. The van der Waals surface area contributed by atoms with Gasteiger partial charge in [-0.05, 0) is 22.6 Å². The second-order valence-electron chi connectivity index (χ2n) is 7.27. The zero-order chi connectivity index (χ0) is 17.2. The van der Waals surface area contributed by atoms with Crippen molar-refractivity contribution < 1.29 is 4.79 Å². The van der Waals surface area contributed by atoms with E-state index < -0.39 is 0 Å². The number of carbonyl (C=O) groups is 1. The van der Waals surface area contributed by atoms with E-state index in [1.165, 1.54) is 12.5 Å². The molecule has 24 heavy (non-hydrogen) atoms. The maximum Gasteiger partial charge on any atom is 0.217 e. The van der Waals surface area contributed by atoms with Crippen LogP contribution in [0.2, 0.25) is 0 Å². The van der Waals surface area contributed by atoms with Gasteiger partial charge < -0.3 is 10.2 Å². The van der Waals surface area contributed by atoms with Crippen LogP contribution < -0.4 is 10.2 Å². The second-order valence-corrected chi connectivity index (χ2v) is 7.27. The topological polar surface area (TPSA) is 45.2 Å². The third-order valence-electron chi connectivity index (χ3n) is 4.82. The first kappa shape index (κ1) is 16.5. The normalized spacial score (nSPS) is 19.3. The van der Waals surface area contributed by atoms with Crippen molar-refractivity contribution in [3.8, 4) is 0 Å². The van der Waals surface area contributed by atoms with Crippen molar-refractivity contribution in [2.45, 2.75) is 33.2 Å². The van der Waals surface area contributed by atoms with Crippen molar-refractivity contribution in [3.63, 3.8) is 0 Å². The Morgan fingerprint density at radius 2 is 2.00 bits per heavy atom. The summed E-state index contributed by atoms with van der Waals surface area (Å²) in [5.41, 5.74) is 2.62. The Morgan fingerprint density at radius 3 is 2.62 bits per heavy atom. The van der Waals surface area contributed by atoms with Crippen molar-refractivity contribution >= 4 is 11.7 Å². The van der Waals surface area contributed by atoms with E-state index in [0.29, 0.717) is 12.5 Å². The molecule has 1 aromatic carbocycles. The van der Waals surface area contributed by atoms with Crippen molar-refractivity contribution in [1.29, 1.82) is 0 Å². The Balaban J connectivity index is 1.73. The third-order valence-corrected chi connectivity index (χ3v) is 4.82. The van der Waals surface area contributed by atoms with Gasteiger partial charge in [0, 0.05) is 38.7 Å². The number of pyridine rings is 1. The molecule has 1 N–H and O–H groups in total. The fourth-order valence-corrected chi connectivity index (χ4v) is 3.49. The molecule has 1 aromatic heterocycles. The molecule has 1 fully saturated rings. The average Bonchev–Trinajstić information content (AvgIpc) is 2.89. The lowest BCUT2D eigenvalue weighted by Gasteiger charge is -2.25. The van der Waals surface area contributed by atoms with Crippen LogP contribution in [0.1, 0.15) is 37.8 Å². The molecular formula is C20H25N3O. The van der Waals surface area contributed by atoms with Gasteiger partial charge in [0.1, 0.15) is 5.82 Å². The summed E-state index contributed by atoms with van der Waals surface area (Å²) in [6, 6.07) is 14.8. The molecule has 1 amide bonds. The number of hydrogen-bond acceptors (Lipinski definition) is 3. The highest BCUT2D eigenvalue weighted by Crippen LogP contribution is 2.43. The summed E-state index contributed by atoms with van der Waals surface area (Å²) in [5.74, 6) is 1.48. The van der Waals surface area contributed by atoms with E-state index in [9.17, 15) is 4.79 Å². The summed E-state index contributed by atoms with van der Waals surface area (Å²) in [7, 11) is 0. The highest BCUT2D eigenvalue weighted by molar-refractivity contribution is 5.72. The van der Waals surface area contributed by atoms with Crippen LogP contribution in [-0.2, 0) is 11.3 Å². The van der Waals surface area contributed by atoms with Crippen LogP contribution in [0.5, 0.6) is 0 Å². The van der Waals surface area contributed by atoms with Gasteiger partial charge >= 0.3 is 0 Å². The average molecular weight is 323 g/mol. The summed E-state index contributed by atoms with van der Waals surface area (Å²) in [6.07, 6.45) is 1.86. The monoisotopic (exact) mass is 323 g/mol. The molecule has 0 saturated carbocycles. The first-order chi connectivity index (χ1) is 11.5. The fraction of sp³-hybridized carbons (Fsp3) is 0.400. The molecule has 1 aliphatic heterocycles. The molecule has 3 rings (SSSR count). The molecule has 4 nitrogen and oxygen atoms in total. The van der Waals surface area contributed by atoms with Gasteiger partial charge in [0.15, 0.2) is 0 Å². The molecule has 4 heteroatoms. The Morgan fingerprint density at radius 1 is 1.25 bits per heavy atom. The number of carbonyl (C=O) groups excluding carboxylic acids is 1. The quantitative estimate of drug-likeness (QED) is 0.938. The lowest BCUT2D eigenvalue weighted by Crippen LogP contribution is -2.24. The van der Waals surface area contributed by atoms with Crippen molar-refractivity contribution in [2.75, 3.05) is 18.0 Å². The summed E-state index contributed by atoms with van der Waals surface area (Å²) in [6.45, 7) is 8.68. The zero-order valence-electron chi connectivity index (χ0n) is 14.6. The van der Waals surface area contributed by atoms with Gasteiger partial charge in [-0.2, -0.15) is 0 Å². The number of nitrogens with one attached hydrogen (secondary N) is 1. The Bertz CT molecular complexity index is 695. The summed E-state index contributed by atoms with van der Waals surface area (Å²) >= 11 is 0. The third kappa shape index (κ3) is 3.58. The molecule has 0 radical (unpaired) electrons. The van der Waals surface area contributed by atoms with Crippen molar-refractivity contribution in [3.05, 3.63) is 59.8 Å². The maximum atomic E-state index is 11.0. The number of aromatic nitrogens is 1. The van der Waals surface area contributed by atoms with E-state index in [1.807, 2.05) is 12.3 Å². The lowest BCUT2D eigenvalue weighted by molar-refractivity contribution is -0.119. The van der Waals surface area contributed by atoms with Crippen LogP contribution in [-0.4, -0.2) is 24.0 Å². The summed E-state index contributed by atoms with van der Waals surface area (Å²) in [4.78, 5) is 18.0. The number of benzene rings is 1. The van der Waals surface area contributed by atoms with E-state index in [2.05, 4.69) is 65.4 Å². The Hall–Kier alpha value is -2.36. The van der Waals surface area contributed by atoms with Gasteiger partial charge in [-0.25, -0.2) is 4.98 Å². The van der Waals surface area contributed by atoms with Crippen molar-refractivity contribution in [1.82, 2.24) is 10.3 Å². The van der Waals surface area contributed by atoms with Crippen LogP contribution in [0.3, 0.4) is 0 Å². The van der Waals surface area contributed by atoms with Gasteiger partial charge in [-0.15, -0.1) is 0 Å². The van der Waals surface area contributed by atoms with Gasteiger partial charge in [-0.3, -0.25) is 4.79 Å². The molecule has 0 unspecified atom stereocenters. The minimum absolute atomic E-state index is 0.0222. The van der Waals surface area contributed by atoms with Gasteiger partial charge in [0.2, 0.25) is 5.91 Å². The molecule has 2 heterocycles. The summed E-state index contributed by atoms with van der Waals surface area (Å²) < 4.78 is 0. The molecule has 2 aromatic rings. The molecule has 1 atom stereocenters. The van der Waals surface area contributed by atoms with E-state index in [-0.39, 0.29) is 11.3 Å². The van der Waals surface area contributed by atoms with Crippen molar-refractivity contribution in [2.24, 2.45) is 5.41 Å². The fourth-order valence-electron chi connectivity index (χ4n) is 3.49. The minimum Gasteiger partial charge on any atom is -0.355 e. The molecular weight excluding hydrogens is 298 g/mol. The number of nitrogens with zero attached hydrogens (tertiary/aromatic N) is 2. The van der Waals surface area contributed by atoms with E-state index in [1.54, 1.807) is 0 Å². The molecule has 1 saturated heterocycles. The first-order valence-corrected chi connectivity index (χ1v) is 8.45. The highest BCUT2D eigenvalue weighted by atomic mass is 16.1. The number of hydrogen-bond donors (Lipinski definition) is 1. The molecule has 0 bridgehead atoms. The van der Waals surface area contributed by atoms with Crippen LogP contribution in [0.15, 0.2) is 48.7 Å². The van der Waals surface area contributed by atoms with Gasteiger partial charge in [0.25, 0.3) is 0 Å². The maximum absolute atomic E-state index is 11.0. The standard InChI is InChI=1S/C20H25N3O/c1-15(24)21-11-16-9-10-19(22-12-16)23-13-18(20(2,3)14-23)17-7-5-4-6-8-17/h4-10,12,18H,11,13-14H2,1-3H3,(H,21,24)/t18-/m0/s1. The first-order valence-electron chi connectivity index (χ1n) is 8.45. The Labute approximate surface area is 143 Å². The Kier molecular flexibility index (Phi) is 4.56. The zero-order valence-corrected chi connectivity index (χ0v) is 14.6. The van der Waals surface area contributed by atoms with Gasteiger partial charge in [0.05, 0.1) is 0 Å². The number of rotatable bonds is 4. The van der Waals surface area contributed by atoms with Gasteiger partial charge in [-0.1, -0.05) is 50.2 Å². The molecule has 126 valence electrons. The predicted molar refractivity (Wildman–Crippen MR) is 96.9 cm³/mol. The summed E-state index contributed by atoms with van der Waals surface area (Å²) in [5, 5.41) is 2.80.